The molecule has 4 saturated carbocycles. The topological polar surface area (TPSA) is 51.2 Å². The van der Waals surface area contributed by atoms with Crippen LogP contribution in [0.25, 0.3) is 0 Å². The molecule has 4 aliphatic rings. The minimum absolute atomic E-state index is 0.127. The molecule has 0 spiro atoms. The van der Waals surface area contributed by atoms with Crippen LogP contribution in [0.1, 0.15) is 58.8 Å². The first-order valence-corrected chi connectivity index (χ1v) is 9.07. The second kappa shape index (κ2) is 4.64. The fourth-order valence-corrected chi connectivity index (χ4v) is 6.74. The molecule has 4 rings (SSSR count). The van der Waals surface area contributed by atoms with Crippen LogP contribution in [0.3, 0.4) is 0 Å². The molecule has 0 radical (unpaired) electrons. The second-order valence-electron chi connectivity index (χ2n) is 8.88. The van der Waals surface area contributed by atoms with Crippen LogP contribution in [0.4, 0.5) is 0 Å². The van der Waals surface area contributed by atoms with Crippen LogP contribution in [0.15, 0.2) is 12.2 Å². The van der Waals surface area contributed by atoms with Crippen LogP contribution < -0.4 is 0 Å². The molecule has 23 heavy (non-hydrogen) atoms. The summed E-state index contributed by atoms with van der Waals surface area (Å²) in [6.07, 6.45) is 5.71. The van der Waals surface area contributed by atoms with E-state index >= 15 is 0 Å². The van der Waals surface area contributed by atoms with Gasteiger partial charge in [0.2, 0.25) is 5.78 Å². The van der Waals surface area contributed by atoms with Gasteiger partial charge < -0.3 is 0 Å². The van der Waals surface area contributed by atoms with Crippen molar-refractivity contribution in [1.29, 1.82) is 0 Å². The SMILES string of the molecule is C=C1C[C@@H]2[C@@H](CC[C@]3(C)C(=O)CC[C@@H]23)[C@@]2(C)CCC(=O)C(=O)C12. The molecule has 4 fully saturated rings. The molecule has 0 amide bonds. The summed E-state index contributed by atoms with van der Waals surface area (Å²) >= 11 is 0. The second-order valence-corrected chi connectivity index (χ2v) is 8.88. The lowest BCUT2D eigenvalue weighted by molar-refractivity contribution is -0.153. The summed E-state index contributed by atoms with van der Waals surface area (Å²) in [7, 11) is 0. The first-order chi connectivity index (χ1) is 10.8. The number of hydrogen-bond acceptors (Lipinski definition) is 3. The van der Waals surface area contributed by atoms with Gasteiger partial charge in [-0.3, -0.25) is 14.4 Å². The van der Waals surface area contributed by atoms with E-state index in [2.05, 4.69) is 20.4 Å². The molecule has 0 N–H and O–H groups in total. The van der Waals surface area contributed by atoms with E-state index in [9.17, 15) is 14.4 Å². The molecule has 3 nitrogen and oxygen atoms in total. The standard InChI is InChI=1S/C20H26O3/c1-11-10-12-13-4-5-16(22)19(13,2)8-6-14(12)20(3)9-7-15(21)18(23)17(11)20/h12-14,17H,1,4-10H2,2-3H3/t12-,13-,14+,17?,19-,20+/m0/s1. The molecular formula is C20H26O3. The van der Waals surface area contributed by atoms with Crippen molar-refractivity contribution >= 4 is 17.3 Å². The fourth-order valence-electron chi connectivity index (χ4n) is 6.74. The number of carbonyl (C=O) groups excluding carboxylic acids is 3. The Bertz CT molecular complexity index is 633. The maximum Gasteiger partial charge on any atom is 0.206 e. The van der Waals surface area contributed by atoms with Crippen LogP contribution in [-0.4, -0.2) is 17.3 Å². The van der Waals surface area contributed by atoms with Crippen LogP contribution in [0.5, 0.6) is 0 Å². The zero-order chi connectivity index (χ0) is 16.6. The van der Waals surface area contributed by atoms with Gasteiger partial charge in [-0.2, -0.15) is 0 Å². The molecular weight excluding hydrogens is 288 g/mol. The monoisotopic (exact) mass is 314 g/mol. The van der Waals surface area contributed by atoms with Crippen molar-refractivity contribution in [2.75, 3.05) is 0 Å². The Morgan fingerprint density at radius 2 is 1.74 bits per heavy atom. The predicted octanol–water partition coefficient (Wildman–Crippen LogP) is 3.51. The third-order valence-corrected chi connectivity index (χ3v) is 7.99. The van der Waals surface area contributed by atoms with Gasteiger partial charge in [-0.05, 0) is 55.3 Å². The van der Waals surface area contributed by atoms with E-state index in [1.165, 1.54) is 0 Å². The zero-order valence-electron chi connectivity index (χ0n) is 14.2. The third-order valence-electron chi connectivity index (χ3n) is 7.99. The van der Waals surface area contributed by atoms with E-state index in [0.29, 0.717) is 36.4 Å². The molecule has 6 atom stereocenters. The molecule has 0 aromatic carbocycles. The van der Waals surface area contributed by atoms with Crippen molar-refractivity contribution < 1.29 is 14.4 Å². The smallest absolute Gasteiger partial charge is 0.206 e. The van der Waals surface area contributed by atoms with Crippen molar-refractivity contribution in [3.63, 3.8) is 0 Å². The molecule has 0 saturated heterocycles. The summed E-state index contributed by atoms with van der Waals surface area (Å²) in [4.78, 5) is 36.9. The Morgan fingerprint density at radius 3 is 2.48 bits per heavy atom. The lowest BCUT2D eigenvalue weighted by Gasteiger charge is -2.59. The van der Waals surface area contributed by atoms with Crippen LogP contribution >= 0.6 is 0 Å². The van der Waals surface area contributed by atoms with Gasteiger partial charge in [-0.1, -0.05) is 26.0 Å². The quantitative estimate of drug-likeness (QED) is 0.508. The summed E-state index contributed by atoms with van der Waals surface area (Å²) in [5.74, 6) is 1.13. The molecule has 4 aliphatic carbocycles. The number of carbonyl (C=O) groups is 3. The minimum atomic E-state index is -0.272. The Balaban J connectivity index is 1.74. The number of Topliss-reactive ketones (excluding diaryl/α,β-unsaturated/α-hetero) is 3. The van der Waals surface area contributed by atoms with Crippen molar-refractivity contribution in [2.24, 2.45) is 34.5 Å². The lowest BCUT2D eigenvalue weighted by Crippen LogP contribution is -2.57. The van der Waals surface area contributed by atoms with Crippen LogP contribution in [0.2, 0.25) is 0 Å². The van der Waals surface area contributed by atoms with Gasteiger partial charge >= 0.3 is 0 Å². The normalized spacial score (nSPS) is 49.7. The molecule has 1 unspecified atom stereocenters. The molecule has 0 aromatic heterocycles. The van der Waals surface area contributed by atoms with Crippen LogP contribution in [-0.2, 0) is 14.4 Å². The van der Waals surface area contributed by atoms with Crippen molar-refractivity contribution in [2.45, 2.75) is 58.8 Å². The number of ketones is 3. The zero-order valence-corrected chi connectivity index (χ0v) is 14.2. The largest absolute Gasteiger partial charge is 0.299 e. The number of hydrogen-bond donors (Lipinski definition) is 0. The van der Waals surface area contributed by atoms with Gasteiger partial charge in [0, 0.05) is 18.3 Å². The van der Waals surface area contributed by atoms with Gasteiger partial charge in [-0.15, -0.1) is 0 Å². The summed E-state index contributed by atoms with van der Waals surface area (Å²) < 4.78 is 0. The summed E-state index contributed by atoms with van der Waals surface area (Å²) in [6, 6.07) is 0. The molecule has 3 heteroatoms. The van der Waals surface area contributed by atoms with Gasteiger partial charge in [0.1, 0.15) is 5.78 Å². The minimum Gasteiger partial charge on any atom is -0.299 e. The molecule has 0 aliphatic heterocycles. The highest BCUT2D eigenvalue weighted by atomic mass is 16.2. The average molecular weight is 314 g/mol. The predicted molar refractivity (Wildman–Crippen MR) is 86.7 cm³/mol. The molecule has 0 heterocycles. The average Bonchev–Trinajstić information content (AvgIpc) is 2.79. The third kappa shape index (κ3) is 1.79. The highest BCUT2D eigenvalue weighted by Gasteiger charge is 2.62. The van der Waals surface area contributed by atoms with Gasteiger partial charge in [0.15, 0.2) is 5.78 Å². The molecule has 0 aromatic rings. The van der Waals surface area contributed by atoms with Gasteiger partial charge in [-0.25, -0.2) is 0 Å². The first kappa shape index (κ1) is 15.3. The number of allylic oxidation sites excluding steroid dienone is 1. The van der Waals surface area contributed by atoms with Gasteiger partial charge in [0.05, 0.1) is 5.92 Å². The molecule has 124 valence electrons. The Kier molecular flexibility index (Phi) is 3.09. The van der Waals surface area contributed by atoms with Gasteiger partial charge in [0.25, 0.3) is 0 Å². The lowest BCUT2D eigenvalue weighted by atomic mass is 9.44. The summed E-state index contributed by atoms with van der Waals surface area (Å²) in [5, 5.41) is 0. The van der Waals surface area contributed by atoms with Crippen molar-refractivity contribution in [3.8, 4) is 0 Å². The summed E-state index contributed by atoms with van der Waals surface area (Å²) in [5.41, 5.74) is 0.673. The van der Waals surface area contributed by atoms with E-state index in [1.807, 2.05) is 0 Å². The van der Waals surface area contributed by atoms with E-state index in [0.717, 1.165) is 37.7 Å². The Hall–Kier alpha value is -1.25. The number of fused-ring (bicyclic) bond motifs is 5. The Labute approximate surface area is 137 Å². The van der Waals surface area contributed by atoms with E-state index < -0.39 is 0 Å². The number of rotatable bonds is 0. The first-order valence-electron chi connectivity index (χ1n) is 9.07. The highest BCUT2D eigenvalue weighted by Crippen LogP contribution is 2.65. The maximum absolute atomic E-state index is 12.5. The molecule has 0 bridgehead atoms. The fraction of sp³-hybridized carbons (Fsp3) is 0.750. The van der Waals surface area contributed by atoms with Crippen LogP contribution in [0, 0.1) is 34.5 Å². The van der Waals surface area contributed by atoms with E-state index in [1.54, 1.807) is 0 Å². The van der Waals surface area contributed by atoms with Crippen molar-refractivity contribution in [3.05, 3.63) is 12.2 Å². The Morgan fingerprint density at radius 1 is 1.00 bits per heavy atom. The van der Waals surface area contributed by atoms with E-state index in [-0.39, 0.29) is 28.3 Å². The summed E-state index contributed by atoms with van der Waals surface area (Å²) in [6.45, 7) is 8.59. The highest BCUT2D eigenvalue weighted by molar-refractivity contribution is 6.39. The van der Waals surface area contributed by atoms with E-state index in [4.69, 9.17) is 0 Å². The van der Waals surface area contributed by atoms with Crippen molar-refractivity contribution in [1.82, 2.24) is 0 Å². The maximum atomic E-state index is 12.5.